The lowest BCUT2D eigenvalue weighted by Crippen LogP contribution is -2.37. The Labute approximate surface area is 208 Å². The first kappa shape index (κ1) is 25.2. The lowest BCUT2D eigenvalue weighted by Gasteiger charge is -2.26. The third kappa shape index (κ3) is 7.05. The van der Waals surface area contributed by atoms with Gasteiger partial charge in [-0.3, -0.25) is 14.5 Å². The molecule has 1 amide bonds. The third-order valence-electron chi connectivity index (χ3n) is 6.62. The topological polar surface area (TPSA) is 75.6 Å². The standard InChI is InChI=1S/C28H38N4O3/c1-3-4-8-26(29-2)25-18-23(27(33)30-24-9-10-24)20-32(28(25)34)19-22-7-5-6-21(17-22)11-12-31-13-15-35-16-14-31/h5-8,17-18,20,24,29H,3-4,9-16,19H2,1-2H3,(H,30,33)/b26-8-. The molecular weight excluding hydrogens is 440 g/mol. The van der Waals surface area contributed by atoms with Crippen molar-refractivity contribution in [3.63, 3.8) is 0 Å². The van der Waals surface area contributed by atoms with Crippen LogP contribution in [0.25, 0.3) is 5.70 Å². The maximum atomic E-state index is 13.5. The van der Waals surface area contributed by atoms with E-state index in [0.717, 1.165) is 76.2 Å². The smallest absolute Gasteiger partial charge is 0.260 e. The zero-order valence-corrected chi connectivity index (χ0v) is 21.0. The van der Waals surface area contributed by atoms with Gasteiger partial charge in [0.1, 0.15) is 0 Å². The molecule has 0 atom stereocenters. The van der Waals surface area contributed by atoms with Crippen LogP contribution in [0.5, 0.6) is 0 Å². The number of hydrogen-bond donors (Lipinski definition) is 2. The van der Waals surface area contributed by atoms with E-state index in [0.29, 0.717) is 17.7 Å². The SMILES string of the molecule is CCC/C=C(\NC)c1cc(C(=O)NC2CC2)cn(Cc2cccc(CCN3CCOCC3)c2)c1=O. The minimum absolute atomic E-state index is 0.0941. The number of carbonyl (C=O) groups is 1. The van der Waals surface area contributed by atoms with Crippen molar-refractivity contribution >= 4 is 11.6 Å². The summed E-state index contributed by atoms with van der Waals surface area (Å²) in [5, 5.41) is 6.22. The molecule has 0 radical (unpaired) electrons. The number of pyridine rings is 1. The predicted octanol–water partition coefficient (Wildman–Crippen LogP) is 3.02. The Bertz CT molecular complexity index is 1100. The largest absolute Gasteiger partial charge is 0.388 e. The summed E-state index contributed by atoms with van der Waals surface area (Å²) in [4.78, 5) is 28.8. The van der Waals surface area contributed by atoms with E-state index in [-0.39, 0.29) is 17.5 Å². The number of rotatable bonds is 11. The van der Waals surface area contributed by atoms with Crippen LogP contribution >= 0.6 is 0 Å². The second kappa shape index (κ2) is 12.2. The molecule has 7 nitrogen and oxygen atoms in total. The van der Waals surface area contributed by atoms with Crippen molar-refractivity contribution in [3.05, 3.63) is 75.2 Å². The van der Waals surface area contributed by atoms with Crippen molar-refractivity contribution in [2.24, 2.45) is 0 Å². The Morgan fingerprint density at radius 2 is 1.94 bits per heavy atom. The van der Waals surface area contributed by atoms with Crippen LogP contribution in [0.1, 0.15) is 59.7 Å². The van der Waals surface area contributed by atoms with Crippen molar-refractivity contribution in [2.45, 2.75) is 51.6 Å². The minimum atomic E-state index is -0.118. The minimum Gasteiger partial charge on any atom is -0.388 e. The lowest BCUT2D eigenvalue weighted by molar-refractivity contribution is 0.0384. The summed E-state index contributed by atoms with van der Waals surface area (Å²) in [7, 11) is 1.82. The van der Waals surface area contributed by atoms with Gasteiger partial charge in [0.15, 0.2) is 0 Å². The van der Waals surface area contributed by atoms with Crippen LogP contribution in [0.2, 0.25) is 0 Å². The number of nitrogens with one attached hydrogen (secondary N) is 2. The van der Waals surface area contributed by atoms with Gasteiger partial charge in [-0.15, -0.1) is 0 Å². The van der Waals surface area contributed by atoms with Gasteiger partial charge in [0.2, 0.25) is 0 Å². The molecule has 1 aromatic carbocycles. The first-order valence-corrected chi connectivity index (χ1v) is 12.9. The number of carbonyl (C=O) groups excluding carboxylic acids is 1. The van der Waals surface area contributed by atoms with Gasteiger partial charge in [-0.2, -0.15) is 0 Å². The Morgan fingerprint density at radius 3 is 2.66 bits per heavy atom. The zero-order valence-electron chi connectivity index (χ0n) is 21.0. The fourth-order valence-corrected chi connectivity index (χ4v) is 4.39. The average Bonchev–Trinajstić information content (AvgIpc) is 3.70. The molecule has 1 aliphatic heterocycles. The van der Waals surface area contributed by atoms with Gasteiger partial charge in [-0.1, -0.05) is 43.7 Å². The summed E-state index contributed by atoms with van der Waals surface area (Å²) in [5.41, 5.74) is 4.04. The van der Waals surface area contributed by atoms with Gasteiger partial charge in [0.25, 0.3) is 11.5 Å². The highest BCUT2D eigenvalue weighted by Crippen LogP contribution is 2.20. The molecule has 1 aromatic heterocycles. The van der Waals surface area contributed by atoms with Crippen molar-refractivity contribution in [3.8, 4) is 0 Å². The number of hydrogen-bond acceptors (Lipinski definition) is 5. The molecule has 2 N–H and O–H groups in total. The van der Waals surface area contributed by atoms with Gasteiger partial charge in [0, 0.05) is 44.6 Å². The van der Waals surface area contributed by atoms with E-state index < -0.39 is 0 Å². The highest BCUT2D eigenvalue weighted by atomic mass is 16.5. The summed E-state index contributed by atoms with van der Waals surface area (Å²) in [6.07, 6.45) is 8.59. The summed E-state index contributed by atoms with van der Waals surface area (Å²) in [6.45, 7) is 7.09. The summed E-state index contributed by atoms with van der Waals surface area (Å²) in [6, 6.07) is 10.4. The number of allylic oxidation sites excluding steroid dienone is 1. The van der Waals surface area contributed by atoms with E-state index in [1.54, 1.807) is 16.8 Å². The van der Waals surface area contributed by atoms with E-state index in [2.05, 4.69) is 40.7 Å². The molecule has 2 heterocycles. The van der Waals surface area contributed by atoms with Crippen molar-refractivity contribution in [1.29, 1.82) is 0 Å². The lowest BCUT2D eigenvalue weighted by atomic mass is 10.1. The third-order valence-corrected chi connectivity index (χ3v) is 6.62. The van der Waals surface area contributed by atoms with E-state index in [1.165, 1.54) is 5.56 Å². The monoisotopic (exact) mass is 478 g/mol. The molecule has 35 heavy (non-hydrogen) atoms. The number of morpholine rings is 1. The van der Waals surface area contributed by atoms with E-state index in [4.69, 9.17) is 4.74 Å². The number of aromatic nitrogens is 1. The van der Waals surface area contributed by atoms with Crippen LogP contribution in [0.4, 0.5) is 0 Å². The Hall–Kier alpha value is -2.90. The van der Waals surface area contributed by atoms with Crippen LogP contribution in [0.15, 0.2) is 47.4 Å². The fraction of sp³-hybridized carbons (Fsp3) is 0.500. The number of ether oxygens (including phenoxy) is 1. The maximum absolute atomic E-state index is 13.5. The van der Waals surface area contributed by atoms with E-state index in [9.17, 15) is 9.59 Å². The van der Waals surface area contributed by atoms with E-state index >= 15 is 0 Å². The number of nitrogens with zero attached hydrogens (tertiary/aromatic N) is 2. The Morgan fingerprint density at radius 1 is 1.17 bits per heavy atom. The van der Waals surface area contributed by atoms with Crippen LogP contribution < -0.4 is 16.2 Å². The zero-order chi connectivity index (χ0) is 24.6. The van der Waals surface area contributed by atoms with Gasteiger partial charge < -0.3 is 19.9 Å². The average molecular weight is 479 g/mol. The highest BCUT2D eigenvalue weighted by molar-refractivity contribution is 5.95. The van der Waals surface area contributed by atoms with Crippen LogP contribution in [-0.4, -0.2) is 61.3 Å². The molecule has 0 unspecified atom stereocenters. The predicted molar refractivity (Wildman–Crippen MR) is 140 cm³/mol. The Kier molecular flexibility index (Phi) is 8.77. The molecule has 4 rings (SSSR count). The van der Waals surface area contributed by atoms with Gasteiger partial charge >= 0.3 is 0 Å². The molecule has 2 fully saturated rings. The van der Waals surface area contributed by atoms with Crippen LogP contribution in [-0.2, 0) is 17.7 Å². The maximum Gasteiger partial charge on any atom is 0.260 e. The summed E-state index contributed by atoms with van der Waals surface area (Å²) in [5.74, 6) is -0.118. The van der Waals surface area contributed by atoms with Crippen molar-refractivity contribution in [2.75, 3.05) is 39.9 Å². The van der Waals surface area contributed by atoms with Crippen molar-refractivity contribution in [1.82, 2.24) is 20.1 Å². The summed E-state index contributed by atoms with van der Waals surface area (Å²) < 4.78 is 7.12. The number of unbranched alkanes of at least 4 members (excludes halogenated alkanes) is 1. The number of benzene rings is 1. The molecule has 1 saturated carbocycles. The molecule has 188 valence electrons. The van der Waals surface area contributed by atoms with Gasteiger partial charge in [0.05, 0.1) is 30.9 Å². The molecule has 0 spiro atoms. The molecule has 1 aliphatic carbocycles. The van der Waals surface area contributed by atoms with Gasteiger partial charge in [-0.25, -0.2) is 0 Å². The molecule has 7 heteroatoms. The first-order chi connectivity index (χ1) is 17.1. The van der Waals surface area contributed by atoms with Crippen LogP contribution in [0.3, 0.4) is 0 Å². The first-order valence-electron chi connectivity index (χ1n) is 12.9. The summed E-state index contributed by atoms with van der Waals surface area (Å²) >= 11 is 0. The fourth-order valence-electron chi connectivity index (χ4n) is 4.39. The number of amides is 1. The second-order valence-electron chi connectivity index (χ2n) is 9.50. The van der Waals surface area contributed by atoms with Crippen LogP contribution in [0, 0.1) is 0 Å². The molecule has 1 saturated heterocycles. The normalized spacial score (nSPS) is 16.8. The van der Waals surface area contributed by atoms with Gasteiger partial charge in [-0.05, 0) is 42.9 Å². The second-order valence-corrected chi connectivity index (χ2v) is 9.50. The highest BCUT2D eigenvalue weighted by Gasteiger charge is 2.25. The molecule has 0 bridgehead atoms. The van der Waals surface area contributed by atoms with Crippen molar-refractivity contribution < 1.29 is 9.53 Å². The quantitative estimate of drug-likeness (QED) is 0.519. The molecule has 2 aromatic rings. The molecule has 2 aliphatic rings. The van der Waals surface area contributed by atoms with E-state index in [1.807, 2.05) is 19.2 Å². The molecular formula is C28H38N4O3. The Balaban J connectivity index is 1.58.